The molecular formula is C25H33N3O5S2. The number of fused-ring (bicyclic) bond motifs is 1. The van der Waals surface area contributed by atoms with Crippen LogP contribution in [-0.4, -0.2) is 68.3 Å². The van der Waals surface area contributed by atoms with Gasteiger partial charge in [-0.25, -0.2) is 13.2 Å². The number of hydrogen-bond acceptors (Lipinski definition) is 7. The van der Waals surface area contributed by atoms with Gasteiger partial charge in [0.2, 0.25) is 15.9 Å². The van der Waals surface area contributed by atoms with Crippen LogP contribution in [0.25, 0.3) is 0 Å². The number of sulfonamides is 1. The SMILES string of the molecule is Cc1ccc(S(=O)(=O)N2CCN(CC(=O)Nc3sc4c(c3C(=O)OC(C)C)CCCC4)CC2)cc1. The number of amides is 1. The van der Waals surface area contributed by atoms with Crippen molar-refractivity contribution < 1.29 is 22.7 Å². The van der Waals surface area contributed by atoms with Gasteiger partial charge < -0.3 is 10.1 Å². The maximum Gasteiger partial charge on any atom is 0.341 e. The molecule has 1 aliphatic carbocycles. The number of nitrogens with one attached hydrogen (secondary N) is 1. The zero-order valence-corrected chi connectivity index (χ0v) is 22.1. The number of aryl methyl sites for hydroxylation is 2. The fourth-order valence-corrected chi connectivity index (χ4v) is 7.22. The van der Waals surface area contributed by atoms with E-state index in [9.17, 15) is 18.0 Å². The molecule has 0 bridgehead atoms. The third-order valence-corrected chi connectivity index (χ3v) is 9.45. The van der Waals surface area contributed by atoms with Crippen LogP contribution in [0.5, 0.6) is 0 Å². The van der Waals surface area contributed by atoms with Crippen LogP contribution < -0.4 is 5.32 Å². The Bertz CT molecular complexity index is 1180. The van der Waals surface area contributed by atoms with Gasteiger partial charge in [0.1, 0.15) is 5.00 Å². The number of nitrogens with zero attached hydrogens (tertiary/aromatic N) is 2. The molecule has 2 aliphatic rings. The number of anilines is 1. The maximum absolute atomic E-state index is 12.9. The topological polar surface area (TPSA) is 96.0 Å². The monoisotopic (exact) mass is 519 g/mol. The Balaban J connectivity index is 1.38. The van der Waals surface area contributed by atoms with Gasteiger partial charge in [-0.2, -0.15) is 4.31 Å². The van der Waals surface area contributed by atoms with E-state index in [1.165, 1.54) is 15.6 Å². The molecule has 0 saturated carbocycles. The second-order valence-electron chi connectivity index (χ2n) is 9.41. The Hall–Kier alpha value is -2.27. The smallest absolute Gasteiger partial charge is 0.341 e. The zero-order valence-electron chi connectivity index (χ0n) is 20.5. The molecule has 4 rings (SSSR count). The van der Waals surface area contributed by atoms with Gasteiger partial charge >= 0.3 is 5.97 Å². The van der Waals surface area contributed by atoms with Crippen molar-refractivity contribution in [3.05, 3.63) is 45.8 Å². The summed E-state index contributed by atoms with van der Waals surface area (Å²) in [6.07, 6.45) is 3.60. The van der Waals surface area contributed by atoms with Gasteiger partial charge in [-0.3, -0.25) is 9.69 Å². The minimum absolute atomic E-state index is 0.139. The lowest BCUT2D eigenvalue weighted by atomic mass is 9.95. The van der Waals surface area contributed by atoms with E-state index in [-0.39, 0.29) is 29.4 Å². The molecule has 1 amide bonds. The van der Waals surface area contributed by atoms with Gasteiger partial charge in [0.15, 0.2) is 0 Å². The normalized spacial score (nSPS) is 17.3. The first kappa shape index (κ1) is 25.8. The van der Waals surface area contributed by atoms with Crippen LogP contribution in [0, 0.1) is 6.92 Å². The first-order chi connectivity index (χ1) is 16.6. The minimum Gasteiger partial charge on any atom is -0.459 e. The van der Waals surface area contributed by atoms with Crippen LogP contribution in [-0.2, 0) is 32.4 Å². The van der Waals surface area contributed by atoms with Crippen LogP contribution in [0.3, 0.4) is 0 Å². The predicted molar refractivity (Wildman–Crippen MR) is 137 cm³/mol. The van der Waals surface area contributed by atoms with Crippen molar-refractivity contribution in [3.8, 4) is 0 Å². The molecule has 1 aromatic heterocycles. The summed E-state index contributed by atoms with van der Waals surface area (Å²) in [6.45, 7) is 7.25. The first-order valence-corrected chi connectivity index (χ1v) is 14.4. The number of ether oxygens (including phenoxy) is 1. The number of carbonyl (C=O) groups excluding carboxylic acids is 2. The van der Waals surface area contributed by atoms with E-state index in [1.807, 2.05) is 25.7 Å². The van der Waals surface area contributed by atoms with Gasteiger partial charge in [0.25, 0.3) is 0 Å². The highest BCUT2D eigenvalue weighted by Gasteiger charge is 2.31. The summed E-state index contributed by atoms with van der Waals surface area (Å²) in [7, 11) is -3.55. The summed E-state index contributed by atoms with van der Waals surface area (Å²) in [6, 6.07) is 6.85. The Morgan fingerprint density at radius 2 is 1.71 bits per heavy atom. The Kier molecular flexibility index (Phi) is 7.95. The van der Waals surface area contributed by atoms with Crippen molar-refractivity contribution in [1.82, 2.24) is 9.21 Å². The molecule has 1 aromatic carbocycles. The lowest BCUT2D eigenvalue weighted by Gasteiger charge is -2.33. The van der Waals surface area contributed by atoms with E-state index in [0.717, 1.165) is 41.7 Å². The Morgan fingerprint density at radius 1 is 1.06 bits per heavy atom. The number of hydrogen-bond donors (Lipinski definition) is 1. The molecule has 1 N–H and O–H groups in total. The first-order valence-electron chi connectivity index (χ1n) is 12.1. The molecule has 1 aliphatic heterocycles. The number of piperazine rings is 1. The summed E-state index contributed by atoms with van der Waals surface area (Å²) in [4.78, 5) is 29.1. The van der Waals surface area contributed by atoms with E-state index in [0.29, 0.717) is 36.7 Å². The zero-order chi connectivity index (χ0) is 25.2. The van der Waals surface area contributed by atoms with E-state index in [1.54, 1.807) is 24.3 Å². The summed E-state index contributed by atoms with van der Waals surface area (Å²) in [5.41, 5.74) is 2.52. The van der Waals surface area contributed by atoms with Crippen LogP contribution in [0.15, 0.2) is 29.2 Å². The third-order valence-electron chi connectivity index (χ3n) is 6.33. The molecule has 0 unspecified atom stereocenters. The molecule has 0 spiro atoms. The third kappa shape index (κ3) is 5.94. The van der Waals surface area contributed by atoms with Gasteiger partial charge in [0.05, 0.1) is 23.1 Å². The lowest BCUT2D eigenvalue weighted by molar-refractivity contribution is -0.117. The number of benzene rings is 1. The highest BCUT2D eigenvalue weighted by Crippen LogP contribution is 2.38. The van der Waals surface area contributed by atoms with Crippen LogP contribution in [0.4, 0.5) is 5.00 Å². The number of rotatable bonds is 7. The minimum atomic E-state index is -3.55. The highest BCUT2D eigenvalue weighted by atomic mass is 32.2. The van der Waals surface area contributed by atoms with Crippen molar-refractivity contribution in [3.63, 3.8) is 0 Å². The maximum atomic E-state index is 12.9. The highest BCUT2D eigenvalue weighted by molar-refractivity contribution is 7.89. The summed E-state index contributed by atoms with van der Waals surface area (Å²) < 4.78 is 32.8. The van der Waals surface area contributed by atoms with E-state index >= 15 is 0 Å². The fourth-order valence-electron chi connectivity index (χ4n) is 4.50. The average Bonchev–Trinajstić information content (AvgIpc) is 3.17. The molecule has 2 heterocycles. The predicted octanol–water partition coefficient (Wildman–Crippen LogP) is 3.45. The van der Waals surface area contributed by atoms with E-state index in [2.05, 4.69) is 5.32 Å². The van der Waals surface area contributed by atoms with Crippen LogP contribution in [0.2, 0.25) is 0 Å². The standard InChI is InChI=1S/C25H33N3O5S2/c1-17(2)33-25(30)23-20-6-4-5-7-21(20)34-24(23)26-22(29)16-27-12-14-28(15-13-27)35(31,32)19-10-8-18(3)9-11-19/h8-11,17H,4-7,12-16H2,1-3H3,(H,26,29). The molecule has 8 nitrogen and oxygen atoms in total. The molecule has 190 valence electrons. The molecule has 1 saturated heterocycles. The van der Waals surface area contributed by atoms with Gasteiger partial charge in [-0.1, -0.05) is 17.7 Å². The molecule has 1 fully saturated rings. The van der Waals surface area contributed by atoms with Crippen molar-refractivity contribution in [2.45, 2.75) is 57.5 Å². The average molecular weight is 520 g/mol. The van der Waals surface area contributed by atoms with E-state index in [4.69, 9.17) is 4.74 Å². The largest absolute Gasteiger partial charge is 0.459 e. The summed E-state index contributed by atoms with van der Waals surface area (Å²) >= 11 is 1.47. The quantitative estimate of drug-likeness (QED) is 0.563. The molecule has 0 radical (unpaired) electrons. The van der Waals surface area contributed by atoms with Crippen molar-refractivity contribution in [2.24, 2.45) is 0 Å². The van der Waals surface area contributed by atoms with Crippen LogP contribution >= 0.6 is 11.3 Å². The van der Waals surface area contributed by atoms with Gasteiger partial charge in [-0.15, -0.1) is 11.3 Å². The number of carbonyl (C=O) groups is 2. The molecular weight excluding hydrogens is 486 g/mol. The second kappa shape index (κ2) is 10.8. The van der Waals surface area contributed by atoms with Crippen LogP contribution in [0.1, 0.15) is 53.1 Å². The van der Waals surface area contributed by atoms with Crippen molar-refractivity contribution in [1.29, 1.82) is 0 Å². The fraction of sp³-hybridized carbons (Fsp3) is 0.520. The molecule has 0 atom stereocenters. The Labute approximate surface area is 211 Å². The lowest BCUT2D eigenvalue weighted by Crippen LogP contribution is -2.50. The van der Waals surface area contributed by atoms with Crippen molar-refractivity contribution in [2.75, 3.05) is 38.0 Å². The molecule has 2 aromatic rings. The Morgan fingerprint density at radius 3 is 2.37 bits per heavy atom. The number of thiophene rings is 1. The molecule has 10 heteroatoms. The van der Waals surface area contributed by atoms with Gasteiger partial charge in [0, 0.05) is 31.1 Å². The summed E-state index contributed by atoms with van der Waals surface area (Å²) in [5.74, 6) is -0.596. The van der Waals surface area contributed by atoms with Gasteiger partial charge in [-0.05, 0) is 64.2 Å². The summed E-state index contributed by atoms with van der Waals surface area (Å²) in [5, 5.41) is 3.51. The molecule has 35 heavy (non-hydrogen) atoms. The van der Waals surface area contributed by atoms with E-state index < -0.39 is 10.0 Å². The second-order valence-corrected chi connectivity index (χ2v) is 12.5. The number of esters is 1. The van der Waals surface area contributed by atoms with Crippen molar-refractivity contribution >= 4 is 38.2 Å².